The Morgan fingerprint density at radius 2 is 2.33 bits per heavy atom. The van der Waals surface area contributed by atoms with Crippen LogP contribution < -0.4 is 10.6 Å². The molecule has 0 fully saturated rings. The number of carbonyl (C=O) groups excluding carboxylic acids is 1. The smallest absolute Gasteiger partial charge is 0.315 e. The summed E-state index contributed by atoms with van der Waals surface area (Å²) in [5.74, 6) is 0.0711. The van der Waals surface area contributed by atoms with Gasteiger partial charge in [-0.05, 0) is 42.9 Å². The largest absolute Gasteiger partial charge is 0.334 e. The summed E-state index contributed by atoms with van der Waals surface area (Å²) in [7, 11) is 0. The first-order valence-electron chi connectivity index (χ1n) is 8.21. The van der Waals surface area contributed by atoms with Crippen LogP contribution in [0.5, 0.6) is 0 Å². The van der Waals surface area contributed by atoms with Gasteiger partial charge in [0.1, 0.15) is 18.5 Å². The monoisotopic (exact) mass is 331 g/mol. The van der Waals surface area contributed by atoms with Crippen molar-refractivity contribution in [1.82, 2.24) is 25.4 Å². The fourth-order valence-corrected chi connectivity index (χ4v) is 3.26. The van der Waals surface area contributed by atoms with Crippen molar-refractivity contribution in [3.8, 4) is 0 Å². The minimum Gasteiger partial charge on any atom is -0.334 e. The molecule has 6 nitrogen and oxygen atoms in total. The molecule has 2 N–H and O–H groups in total. The number of amides is 2. The number of halogens is 1. The SMILES string of the molecule is C[C@H](Cn1cncn1)NC(=O)N[C@H]1c2cccc(F)c2CC[C@H]1C. The molecule has 0 aliphatic heterocycles. The third-order valence-corrected chi connectivity index (χ3v) is 4.50. The first kappa shape index (κ1) is 16.4. The van der Waals surface area contributed by atoms with E-state index in [2.05, 4.69) is 27.6 Å². The maximum absolute atomic E-state index is 14.0. The van der Waals surface area contributed by atoms with Gasteiger partial charge in [0.15, 0.2) is 0 Å². The number of nitrogens with one attached hydrogen (secondary N) is 2. The number of fused-ring (bicyclic) bond motifs is 1. The predicted molar refractivity (Wildman–Crippen MR) is 87.8 cm³/mol. The van der Waals surface area contributed by atoms with E-state index in [0.29, 0.717) is 13.0 Å². The second kappa shape index (κ2) is 6.98. The zero-order valence-corrected chi connectivity index (χ0v) is 13.9. The number of nitrogens with zero attached hydrogens (tertiary/aromatic N) is 3. The second-order valence-electron chi connectivity index (χ2n) is 6.44. The van der Waals surface area contributed by atoms with E-state index in [4.69, 9.17) is 0 Å². The van der Waals surface area contributed by atoms with Crippen molar-refractivity contribution >= 4 is 6.03 Å². The first-order chi connectivity index (χ1) is 11.5. The molecule has 3 atom stereocenters. The van der Waals surface area contributed by atoms with Gasteiger partial charge in [0, 0.05) is 6.04 Å². The van der Waals surface area contributed by atoms with Crippen molar-refractivity contribution in [2.24, 2.45) is 5.92 Å². The highest BCUT2D eigenvalue weighted by Crippen LogP contribution is 2.35. The van der Waals surface area contributed by atoms with Crippen LogP contribution in [-0.4, -0.2) is 26.8 Å². The summed E-state index contributed by atoms with van der Waals surface area (Å²) >= 11 is 0. The Morgan fingerprint density at radius 3 is 3.08 bits per heavy atom. The zero-order chi connectivity index (χ0) is 17.1. The lowest BCUT2D eigenvalue weighted by Gasteiger charge is -2.32. The molecule has 0 saturated heterocycles. The third kappa shape index (κ3) is 3.55. The van der Waals surface area contributed by atoms with Crippen LogP contribution in [0.25, 0.3) is 0 Å². The maximum atomic E-state index is 14.0. The number of hydrogen-bond acceptors (Lipinski definition) is 3. The molecule has 1 heterocycles. The lowest BCUT2D eigenvalue weighted by molar-refractivity contribution is 0.224. The summed E-state index contributed by atoms with van der Waals surface area (Å²) in [5, 5.41) is 9.92. The Balaban J connectivity index is 1.65. The van der Waals surface area contributed by atoms with E-state index >= 15 is 0 Å². The molecule has 0 saturated carbocycles. The summed E-state index contributed by atoms with van der Waals surface area (Å²) < 4.78 is 15.7. The number of aromatic nitrogens is 3. The molecule has 7 heteroatoms. The van der Waals surface area contributed by atoms with Crippen LogP contribution in [0.15, 0.2) is 30.9 Å². The van der Waals surface area contributed by atoms with Gasteiger partial charge in [0.25, 0.3) is 0 Å². The zero-order valence-electron chi connectivity index (χ0n) is 13.9. The maximum Gasteiger partial charge on any atom is 0.315 e. The van der Waals surface area contributed by atoms with E-state index in [1.54, 1.807) is 17.1 Å². The summed E-state index contributed by atoms with van der Waals surface area (Å²) in [5.41, 5.74) is 1.60. The molecule has 0 unspecified atom stereocenters. The van der Waals surface area contributed by atoms with Crippen molar-refractivity contribution in [3.63, 3.8) is 0 Å². The number of carbonyl (C=O) groups is 1. The van der Waals surface area contributed by atoms with Crippen LogP contribution in [-0.2, 0) is 13.0 Å². The topological polar surface area (TPSA) is 71.8 Å². The van der Waals surface area contributed by atoms with Gasteiger partial charge in [-0.3, -0.25) is 4.68 Å². The molecule has 1 aromatic heterocycles. The van der Waals surface area contributed by atoms with Gasteiger partial charge < -0.3 is 10.6 Å². The van der Waals surface area contributed by atoms with Crippen molar-refractivity contribution in [1.29, 1.82) is 0 Å². The molecule has 1 aliphatic rings. The summed E-state index contributed by atoms with van der Waals surface area (Å²) in [6, 6.07) is 4.55. The van der Waals surface area contributed by atoms with E-state index in [1.165, 1.54) is 12.4 Å². The summed E-state index contributed by atoms with van der Waals surface area (Å²) in [4.78, 5) is 16.2. The Bertz CT molecular complexity index is 703. The quantitative estimate of drug-likeness (QED) is 0.904. The lowest BCUT2D eigenvalue weighted by Crippen LogP contribution is -2.46. The van der Waals surface area contributed by atoms with Gasteiger partial charge >= 0.3 is 6.03 Å². The summed E-state index contributed by atoms with van der Waals surface area (Å²) in [6.45, 7) is 4.52. The standard InChI is InChI=1S/C17H22FN5O/c1-11-6-7-13-14(4-3-5-15(13)18)16(11)22-17(24)21-12(2)8-23-10-19-9-20-23/h3-5,9-12,16H,6-8H2,1-2H3,(H2,21,22,24)/t11-,12-,16-/m1/s1. The Labute approximate surface area is 140 Å². The first-order valence-corrected chi connectivity index (χ1v) is 8.21. The lowest BCUT2D eigenvalue weighted by atomic mass is 9.80. The van der Waals surface area contributed by atoms with Crippen molar-refractivity contribution in [2.45, 2.75) is 45.3 Å². The molecule has 24 heavy (non-hydrogen) atoms. The molecule has 0 bridgehead atoms. The molecule has 1 aromatic carbocycles. The highest BCUT2D eigenvalue weighted by Gasteiger charge is 2.29. The molecular weight excluding hydrogens is 309 g/mol. The fourth-order valence-electron chi connectivity index (χ4n) is 3.26. The van der Waals surface area contributed by atoms with Crippen LogP contribution in [0.2, 0.25) is 0 Å². The van der Waals surface area contributed by atoms with Crippen LogP contribution >= 0.6 is 0 Å². The van der Waals surface area contributed by atoms with Crippen LogP contribution in [0.3, 0.4) is 0 Å². The third-order valence-electron chi connectivity index (χ3n) is 4.50. The molecule has 2 aromatic rings. The van der Waals surface area contributed by atoms with Crippen LogP contribution in [0, 0.1) is 11.7 Å². The summed E-state index contributed by atoms with van der Waals surface area (Å²) in [6.07, 6.45) is 4.64. The molecule has 128 valence electrons. The van der Waals surface area contributed by atoms with E-state index in [9.17, 15) is 9.18 Å². The van der Waals surface area contributed by atoms with E-state index < -0.39 is 0 Å². The minimum absolute atomic E-state index is 0.0995. The van der Waals surface area contributed by atoms with Gasteiger partial charge in [-0.15, -0.1) is 0 Å². The Morgan fingerprint density at radius 1 is 1.50 bits per heavy atom. The second-order valence-corrected chi connectivity index (χ2v) is 6.44. The Hall–Kier alpha value is -2.44. The molecule has 0 spiro atoms. The number of rotatable bonds is 4. The van der Waals surface area contributed by atoms with Crippen LogP contribution in [0.4, 0.5) is 9.18 Å². The predicted octanol–water partition coefficient (Wildman–Crippen LogP) is 2.43. The molecule has 0 radical (unpaired) electrons. The average molecular weight is 331 g/mol. The number of hydrogen-bond donors (Lipinski definition) is 2. The molecule has 2 amide bonds. The van der Waals surface area contributed by atoms with Crippen molar-refractivity contribution < 1.29 is 9.18 Å². The molecule has 3 rings (SSSR count). The highest BCUT2D eigenvalue weighted by molar-refractivity contribution is 5.75. The van der Waals surface area contributed by atoms with Crippen molar-refractivity contribution in [3.05, 3.63) is 47.8 Å². The number of urea groups is 1. The van der Waals surface area contributed by atoms with Gasteiger partial charge in [0.05, 0.1) is 12.6 Å². The van der Waals surface area contributed by atoms with Gasteiger partial charge in [-0.2, -0.15) is 5.10 Å². The van der Waals surface area contributed by atoms with E-state index in [1.807, 2.05) is 13.0 Å². The number of benzene rings is 1. The Kier molecular flexibility index (Phi) is 4.78. The minimum atomic E-state index is -0.253. The average Bonchev–Trinajstić information content (AvgIpc) is 3.03. The normalized spacial score (nSPS) is 21.0. The van der Waals surface area contributed by atoms with E-state index in [0.717, 1.165) is 17.5 Å². The van der Waals surface area contributed by atoms with Gasteiger partial charge in [-0.1, -0.05) is 19.1 Å². The van der Waals surface area contributed by atoms with Gasteiger partial charge in [0.2, 0.25) is 0 Å². The van der Waals surface area contributed by atoms with Crippen LogP contribution in [0.1, 0.15) is 37.4 Å². The van der Waals surface area contributed by atoms with Crippen molar-refractivity contribution in [2.75, 3.05) is 0 Å². The fraction of sp³-hybridized carbons (Fsp3) is 0.471. The highest BCUT2D eigenvalue weighted by atomic mass is 19.1. The molecular formula is C17H22FN5O. The molecule has 1 aliphatic carbocycles. The van der Waals surface area contributed by atoms with Gasteiger partial charge in [-0.25, -0.2) is 14.2 Å². The van der Waals surface area contributed by atoms with E-state index in [-0.39, 0.29) is 29.8 Å².